The van der Waals surface area contributed by atoms with Gasteiger partial charge in [-0.05, 0) is 31.2 Å². The van der Waals surface area contributed by atoms with Crippen LogP contribution in [0.5, 0.6) is 0 Å². The second kappa shape index (κ2) is 4.61. The molecule has 2 aromatic heterocycles. The molecule has 0 fully saturated rings. The fourth-order valence-corrected chi connectivity index (χ4v) is 3.51. The lowest BCUT2D eigenvalue weighted by molar-refractivity contribution is 0.589. The first kappa shape index (κ1) is 13.1. The molecule has 3 rings (SSSR count). The monoisotopic (exact) mass is 306 g/mol. The Morgan fingerprint density at radius 2 is 1.80 bits per heavy atom. The maximum atomic E-state index is 12.6. The fourth-order valence-electron chi connectivity index (χ4n) is 2.00. The molecule has 102 valence electrons. The highest BCUT2D eigenvalue weighted by molar-refractivity contribution is 7.90. The van der Waals surface area contributed by atoms with Crippen molar-refractivity contribution in [3.63, 3.8) is 0 Å². The molecule has 2 heterocycles. The lowest BCUT2D eigenvalue weighted by atomic mass is 10.2. The highest BCUT2D eigenvalue weighted by Crippen LogP contribution is 2.25. The van der Waals surface area contributed by atoms with E-state index < -0.39 is 10.0 Å². The van der Waals surface area contributed by atoms with E-state index in [2.05, 4.69) is 4.98 Å². The fraction of sp³-hybridized carbons (Fsp3) is 0.0714. The van der Waals surface area contributed by atoms with Crippen molar-refractivity contribution in [3.05, 3.63) is 59.4 Å². The van der Waals surface area contributed by atoms with E-state index in [1.807, 2.05) is 6.92 Å². The lowest BCUT2D eigenvalue weighted by Crippen LogP contribution is -2.12. The van der Waals surface area contributed by atoms with Crippen molar-refractivity contribution in [1.82, 2.24) is 8.96 Å². The summed E-state index contributed by atoms with van der Waals surface area (Å²) in [5.74, 6) is 0. The second-order valence-electron chi connectivity index (χ2n) is 4.46. The van der Waals surface area contributed by atoms with Gasteiger partial charge in [-0.2, -0.15) is 0 Å². The van der Waals surface area contributed by atoms with Crippen LogP contribution in [0, 0.1) is 6.92 Å². The van der Waals surface area contributed by atoms with Crippen LogP contribution in [0.4, 0.5) is 0 Å². The number of aryl methyl sites for hydroxylation is 1. The summed E-state index contributed by atoms with van der Waals surface area (Å²) in [6.45, 7) is 1.91. The Hall–Kier alpha value is -1.85. The number of aromatic nitrogens is 2. The van der Waals surface area contributed by atoms with Crippen molar-refractivity contribution in [2.24, 2.45) is 0 Å². The standard InChI is InChI=1S/C14H11ClN2O2S/c1-10-2-4-11(5-3-10)20(18,19)17-9-7-12-13(15)6-8-16-14(12)17/h2-9H,1H3. The largest absolute Gasteiger partial charge is 0.269 e. The van der Waals surface area contributed by atoms with E-state index in [0.29, 0.717) is 16.1 Å². The van der Waals surface area contributed by atoms with Crippen molar-refractivity contribution >= 4 is 32.7 Å². The number of benzene rings is 1. The Balaban J connectivity index is 2.24. The molecule has 0 unspecified atom stereocenters. The average Bonchev–Trinajstić information content (AvgIpc) is 2.85. The van der Waals surface area contributed by atoms with E-state index in [0.717, 1.165) is 9.54 Å². The molecule has 0 aliphatic heterocycles. The third kappa shape index (κ3) is 1.99. The van der Waals surface area contributed by atoms with Gasteiger partial charge in [-0.15, -0.1) is 0 Å². The van der Waals surface area contributed by atoms with E-state index in [1.54, 1.807) is 36.4 Å². The van der Waals surface area contributed by atoms with Crippen LogP contribution in [-0.2, 0) is 10.0 Å². The molecular formula is C14H11ClN2O2S. The van der Waals surface area contributed by atoms with Crippen LogP contribution in [0.1, 0.15) is 5.56 Å². The molecule has 0 aliphatic rings. The van der Waals surface area contributed by atoms with Crippen molar-refractivity contribution in [3.8, 4) is 0 Å². The maximum Gasteiger partial charge on any atom is 0.269 e. The van der Waals surface area contributed by atoms with Crippen LogP contribution >= 0.6 is 11.6 Å². The Labute approximate surface area is 121 Å². The van der Waals surface area contributed by atoms with Gasteiger partial charge in [-0.1, -0.05) is 29.3 Å². The van der Waals surface area contributed by atoms with Gasteiger partial charge in [0.25, 0.3) is 10.0 Å². The third-order valence-corrected chi connectivity index (χ3v) is 5.09. The summed E-state index contributed by atoms with van der Waals surface area (Å²) in [5.41, 5.74) is 1.33. The summed E-state index contributed by atoms with van der Waals surface area (Å²) in [6, 6.07) is 9.98. The summed E-state index contributed by atoms with van der Waals surface area (Å²) >= 11 is 6.04. The molecule has 4 nitrogen and oxygen atoms in total. The van der Waals surface area contributed by atoms with Crippen LogP contribution in [-0.4, -0.2) is 17.4 Å². The molecule has 0 radical (unpaired) electrons. The van der Waals surface area contributed by atoms with E-state index >= 15 is 0 Å². The van der Waals surface area contributed by atoms with Crippen LogP contribution in [0.25, 0.3) is 11.0 Å². The first-order valence-corrected chi connectivity index (χ1v) is 7.76. The quantitative estimate of drug-likeness (QED) is 0.730. The summed E-state index contributed by atoms with van der Waals surface area (Å²) in [5, 5.41) is 1.10. The zero-order chi connectivity index (χ0) is 14.3. The molecular weight excluding hydrogens is 296 g/mol. The van der Waals surface area contributed by atoms with Crippen molar-refractivity contribution < 1.29 is 8.42 Å². The van der Waals surface area contributed by atoms with Crippen LogP contribution in [0.2, 0.25) is 5.02 Å². The van der Waals surface area contributed by atoms with Crippen LogP contribution in [0.15, 0.2) is 53.7 Å². The summed E-state index contributed by atoms with van der Waals surface area (Å²) in [7, 11) is -3.66. The van der Waals surface area contributed by atoms with Crippen molar-refractivity contribution in [2.75, 3.05) is 0 Å². The summed E-state index contributed by atoms with van der Waals surface area (Å²) in [4.78, 5) is 4.34. The first-order chi connectivity index (χ1) is 9.50. The van der Waals surface area contributed by atoms with Gasteiger partial charge in [0.05, 0.1) is 9.92 Å². The van der Waals surface area contributed by atoms with E-state index in [-0.39, 0.29) is 4.90 Å². The minimum atomic E-state index is -3.66. The molecule has 3 aromatic rings. The van der Waals surface area contributed by atoms with Gasteiger partial charge in [-0.25, -0.2) is 17.4 Å². The zero-order valence-electron chi connectivity index (χ0n) is 10.6. The topological polar surface area (TPSA) is 52.0 Å². The summed E-state index contributed by atoms with van der Waals surface area (Å²) in [6.07, 6.45) is 2.96. The molecule has 0 aliphatic carbocycles. The smallest absolute Gasteiger partial charge is 0.237 e. The van der Waals surface area contributed by atoms with Gasteiger partial charge in [0, 0.05) is 17.8 Å². The van der Waals surface area contributed by atoms with Crippen LogP contribution < -0.4 is 0 Å². The SMILES string of the molecule is Cc1ccc(S(=O)(=O)n2ccc3c(Cl)ccnc32)cc1. The number of pyridine rings is 1. The van der Waals surface area contributed by atoms with Gasteiger partial charge >= 0.3 is 0 Å². The number of halogens is 1. The second-order valence-corrected chi connectivity index (χ2v) is 6.68. The predicted molar refractivity (Wildman–Crippen MR) is 78.5 cm³/mol. The molecule has 0 saturated heterocycles. The van der Waals surface area contributed by atoms with E-state index in [4.69, 9.17) is 11.6 Å². The predicted octanol–water partition coefficient (Wildman–Crippen LogP) is 3.24. The first-order valence-electron chi connectivity index (χ1n) is 5.94. The average molecular weight is 307 g/mol. The molecule has 0 saturated carbocycles. The normalized spacial score (nSPS) is 11.9. The number of nitrogens with zero attached hydrogens (tertiary/aromatic N) is 2. The van der Waals surface area contributed by atoms with Gasteiger partial charge < -0.3 is 0 Å². The van der Waals surface area contributed by atoms with E-state index in [1.165, 1.54) is 12.4 Å². The molecule has 0 bridgehead atoms. The maximum absolute atomic E-state index is 12.6. The molecule has 0 atom stereocenters. The number of fused-ring (bicyclic) bond motifs is 1. The van der Waals surface area contributed by atoms with Gasteiger partial charge in [-0.3, -0.25) is 0 Å². The van der Waals surface area contributed by atoms with E-state index in [9.17, 15) is 8.42 Å². The summed E-state index contributed by atoms with van der Waals surface area (Å²) < 4.78 is 26.4. The van der Waals surface area contributed by atoms with Crippen molar-refractivity contribution in [1.29, 1.82) is 0 Å². The number of rotatable bonds is 2. The number of hydrogen-bond acceptors (Lipinski definition) is 3. The Bertz CT molecular complexity index is 883. The Kier molecular flexibility index (Phi) is 3.03. The Morgan fingerprint density at radius 1 is 1.10 bits per heavy atom. The molecule has 0 amide bonds. The third-order valence-electron chi connectivity index (χ3n) is 3.08. The van der Waals surface area contributed by atoms with Gasteiger partial charge in [0.1, 0.15) is 0 Å². The number of hydrogen-bond donors (Lipinski definition) is 0. The molecule has 1 aromatic carbocycles. The highest BCUT2D eigenvalue weighted by atomic mass is 35.5. The minimum absolute atomic E-state index is 0.224. The van der Waals surface area contributed by atoms with Crippen molar-refractivity contribution in [2.45, 2.75) is 11.8 Å². The van der Waals surface area contributed by atoms with Gasteiger partial charge in [0.2, 0.25) is 0 Å². The molecule has 20 heavy (non-hydrogen) atoms. The molecule has 0 spiro atoms. The van der Waals surface area contributed by atoms with Gasteiger partial charge in [0.15, 0.2) is 5.65 Å². The zero-order valence-corrected chi connectivity index (χ0v) is 12.2. The Morgan fingerprint density at radius 3 is 2.50 bits per heavy atom. The highest BCUT2D eigenvalue weighted by Gasteiger charge is 2.20. The molecule has 0 N–H and O–H groups in total. The van der Waals surface area contributed by atoms with Crippen LogP contribution in [0.3, 0.4) is 0 Å². The minimum Gasteiger partial charge on any atom is -0.237 e. The molecule has 6 heteroatoms. The lowest BCUT2D eigenvalue weighted by Gasteiger charge is -2.07.